The Morgan fingerprint density at radius 3 is 2.31 bits per heavy atom. The van der Waals surface area contributed by atoms with Crippen LogP contribution in [0.3, 0.4) is 0 Å². The highest BCUT2D eigenvalue weighted by Gasteiger charge is 2.31. The number of rotatable bonds is 6. The SMILES string of the molecule is COc1cc(OC)nc(-c2ccc(C(=O)NCC3(O)CCNC3)cc2)n1.O=CO. The molecule has 0 spiro atoms. The molecule has 1 amide bonds. The summed E-state index contributed by atoms with van der Waals surface area (Å²) >= 11 is 0. The summed E-state index contributed by atoms with van der Waals surface area (Å²) in [5.41, 5.74) is 0.358. The van der Waals surface area contributed by atoms with Crippen LogP contribution in [-0.2, 0) is 4.79 Å². The van der Waals surface area contributed by atoms with Crippen molar-refractivity contribution in [2.75, 3.05) is 33.9 Å². The number of carboxylic acid groups (broad SMARTS) is 1. The summed E-state index contributed by atoms with van der Waals surface area (Å²) in [6.45, 7) is 1.21. The van der Waals surface area contributed by atoms with Gasteiger partial charge in [0.2, 0.25) is 11.8 Å². The number of ether oxygens (including phenoxy) is 2. The van der Waals surface area contributed by atoms with Crippen LogP contribution in [-0.4, -0.2) is 72.0 Å². The van der Waals surface area contributed by atoms with Crippen molar-refractivity contribution in [1.82, 2.24) is 20.6 Å². The van der Waals surface area contributed by atoms with E-state index in [1.165, 1.54) is 14.2 Å². The first-order chi connectivity index (χ1) is 13.9. The van der Waals surface area contributed by atoms with Crippen LogP contribution in [0.25, 0.3) is 11.4 Å². The van der Waals surface area contributed by atoms with Gasteiger partial charge in [0.05, 0.1) is 25.9 Å². The smallest absolute Gasteiger partial charge is 0.290 e. The average Bonchev–Trinajstić information content (AvgIpc) is 3.19. The second-order valence-corrected chi connectivity index (χ2v) is 6.29. The number of hydrogen-bond acceptors (Lipinski definition) is 8. The number of amides is 1. The summed E-state index contributed by atoms with van der Waals surface area (Å²) < 4.78 is 10.3. The Kier molecular flexibility index (Phi) is 7.87. The molecule has 1 aliphatic rings. The van der Waals surface area contributed by atoms with Crippen LogP contribution in [0, 0.1) is 0 Å². The molecule has 1 saturated heterocycles. The fourth-order valence-electron chi connectivity index (χ4n) is 2.74. The second-order valence-electron chi connectivity index (χ2n) is 6.29. The van der Waals surface area contributed by atoms with Gasteiger partial charge < -0.3 is 30.3 Å². The molecule has 1 fully saturated rings. The summed E-state index contributed by atoms with van der Waals surface area (Å²) in [6.07, 6.45) is 0.626. The highest BCUT2D eigenvalue weighted by Crippen LogP contribution is 2.23. The summed E-state index contributed by atoms with van der Waals surface area (Å²) in [5.74, 6) is 1.000. The molecule has 3 rings (SSSR count). The number of carbonyl (C=O) groups is 2. The summed E-state index contributed by atoms with van der Waals surface area (Å²) in [4.78, 5) is 29.2. The summed E-state index contributed by atoms with van der Waals surface area (Å²) in [6, 6.07) is 8.49. The van der Waals surface area contributed by atoms with E-state index in [0.717, 1.165) is 12.1 Å². The van der Waals surface area contributed by atoms with Gasteiger partial charge in [-0.15, -0.1) is 0 Å². The molecular formula is C19H24N4O6. The molecule has 0 aliphatic carbocycles. The van der Waals surface area contributed by atoms with Gasteiger partial charge in [-0.05, 0) is 25.1 Å². The minimum Gasteiger partial charge on any atom is -0.483 e. The third-order valence-electron chi connectivity index (χ3n) is 4.30. The Morgan fingerprint density at radius 2 is 1.83 bits per heavy atom. The zero-order valence-corrected chi connectivity index (χ0v) is 16.2. The van der Waals surface area contributed by atoms with E-state index in [-0.39, 0.29) is 18.9 Å². The van der Waals surface area contributed by atoms with Crippen LogP contribution in [0.1, 0.15) is 16.8 Å². The van der Waals surface area contributed by atoms with Gasteiger partial charge >= 0.3 is 0 Å². The largest absolute Gasteiger partial charge is 0.483 e. The normalized spacial score (nSPS) is 17.6. The van der Waals surface area contributed by atoms with Gasteiger partial charge in [0.15, 0.2) is 5.82 Å². The lowest BCUT2D eigenvalue weighted by Gasteiger charge is -2.21. The first-order valence-electron chi connectivity index (χ1n) is 8.81. The Bertz CT molecular complexity index is 800. The lowest BCUT2D eigenvalue weighted by Crippen LogP contribution is -2.44. The number of β-amino-alcohol motifs (C(OH)–C–C–N with tert-alkyl or cyclic N) is 1. The van der Waals surface area contributed by atoms with Crippen LogP contribution in [0.4, 0.5) is 0 Å². The molecule has 1 unspecified atom stereocenters. The predicted octanol–water partition coefficient (Wildman–Crippen LogP) is 0.316. The van der Waals surface area contributed by atoms with Gasteiger partial charge in [0.25, 0.3) is 12.4 Å². The second kappa shape index (κ2) is 10.3. The van der Waals surface area contributed by atoms with Gasteiger partial charge in [-0.3, -0.25) is 9.59 Å². The maximum atomic E-state index is 12.3. The van der Waals surface area contributed by atoms with Crippen molar-refractivity contribution in [3.8, 4) is 23.1 Å². The maximum absolute atomic E-state index is 12.3. The summed E-state index contributed by atoms with van der Waals surface area (Å²) in [5, 5.41) is 23.0. The monoisotopic (exact) mass is 404 g/mol. The number of hydrogen-bond donors (Lipinski definition) is 4. The number of benzene rings is 1. The van der Waals surface area contributed by atoms with E-state index in [1.54, 1.807) is 30.3 Å². The van der Waals surface area contributed by atoms with E-state index in [2.05, 4.69) is 20.6 Å². The van der Waals surface area contributed by atoms with E-state index in [0.29, 0.717) is 36.1 Å². The zero-order chi connectivity index (χ0) is 21.3. The topological polar surface area (TPSA) is 143 Å². The van der Waals surface area contributed by atoms with Crippen LogP contribution < -0.4 is 20.1 Å². The van der Waals surface area contributed by atoms with Gasteiger partial charge in [0.1, 0.15) is 0 Å². The fourth-order valence-corrected chi connectivity index (χ4v) is 2.74. The molecule has 0 saturated carbocycles. The molecule has 10 nitrogen and oxygen atoms in total. The molecule has 1 aromatic heterocycles. The third kappa shape index (κ3) is 6.13. The van der Waals surface area contributed by atoms with Crippen molar-refractivity contribution in [2.24, 2.45) is 0 Å². The molecule has 1 aliphatic heterocycles. The van der Waals surface area contributed by atoms with Gasteiger partial charge in [-0.1, -0.05) is 12.1 Å². The molecule has 2 aromatic rings. The molecular weight excluding hydrogens is 380 g/mol. The molecule has 2 heterocycles. The van der Waals surface area contributed by atoms with Crippen LogP contribution in [0.5, 0.6) is 11.8 Å². The predicted molar refractivity (Wildman–Crippen MR) is 104 cm³/mol. The van der Waals surface area contributed by atoms with E-state index in [4.69, 9.17) is 19.4 Å². The van der Waals surface area contributed by atoms with Crippen molar-refractivity contribution in [1.29, 1.82) is 0 Å². The number of aromatic nitrogens is 2. The summed E-state index contributed by atoms with van der Waals surface area (Å²) in [7, 11) is 3.04. The maximum Gasteiger partial charge on any atom is 0.290 e. The molecule has 0 radical (unpaired) electrons. The number of nitrogens with one attached hydrogen (secondary N) is 2. The van der Waals surface area contributed by atoms with Gasteiger partial charge in [0, 0.05) is 24.2 Å². The van der Waals surface area contributed by atoms with Gasteiger partial charge in [-0.2, -0.15) is 9.97 Å². The molecule has 156 valence electrons. The van der Waals surface area contributed by atoms with Crippen molar-refractivity contribution in [3.63, 3.8) is 0 Å². The van der Waals surface area contributed by atoms with Crippen molar-refractivity contribution >= 4 is 12.4 Å². The van der Waals surface area contributed by atoms with Crippen LogP contribution in [0.2, 0.25) is 0 Å². The van der Waals surface area contributed by atoms with E-state index in [1.807, 2.05) is 0 Å². The first-order valence-corrected chi connectivity index (χ1v) is 8.81. The number of carbonyl (C=O) groups excluding carboxylic acids is 1. The van der Waals surface area contributed by atoms with Crippen molar-refractivity contribution in [2.45, 2.75) is 12.0 Å². The lowest BCUT2D eigenvalue weighted by atomic mass is 10.0. The molecule has 29 heavy (non-hydrogen) atoms. The fraction of sp³-hybridized carbons (Fsp3) is 0.368. The Morgan fingerprint density at radius 1 is 1.24 bits per heavy atom. The number of methoxy groups -OCH3 is 2. The highest BCUT2D eigenvalue weighted by atomic mass is 16.5. The molecule has 1 aromatic carbocycles. The minimum absolute atomic E-state index is 0.219. The zero-order valence-electron chi connectivity index (χ0n) is 16.2. The van der Waals surface area contributed by atoms with Crippen LogP contribution >= 0.6 is 0 Å². The first kappa shape index (κ1) is 22.1. The quantitative estimate of drug-likeness (QED) is 0.500. The van der Waals surface area contributed by atoms with Crippen molar-refractivity contribution in [3.05, 3.63) is 35.9 Å². The average molecular weight is 404 g/mol. The number of nitrogens with zero attached hydrogens (tertiary/aromatic N) is 2. The minimum atomic E-state index is -0.874. The molecule has 4 N–H and O–H groups in total. The Balaban J connectivity index is 0.000000941. The van der Waals surface area contributed by atoms with E-state index >= 15 is 0 Å². The molecule has 10 heteroatoms. The Labute approximate surface area is 167 Å². The Hall–Kier alpha value is -3.24. The van der Waals surface area contributed by atoms with E-state index in [9.17, 15) is 9.90 Å². The van der Waals surface area contributed by atoms with Crippen molar-refractivity contribution < 1.29 is 29.3 Å². The third-order valence-corrected chi connectivity index (χ3v) is 4.30. The lowest BCUT2D eigenvalue weighted by molar-refractivity contribution is -0.122. The van der Waals surface area contributed by atoms with Crippen LogP contribution in [0.15, 0.2) is 30.3 Å². The van der Waals surface area contributed by atoms with Gasteiger partial charge in [-0.25, -0.2) is 0 Å². The highest BCUT2D eigenvalue weighted by molar-refractivity contribution is 5.94. The van der Waals surface area contributed by atoms with E-state index < -0.39 is 5.60 Å². The molecule has 1 atom stereocenters. The standard InChI is InChI=1S/C18H22N4O4.CH2O2/c1-25-14-9-15(26-2)22-16(21-14)12-3-5-13(6-4-12)17(23)20-11-18(24)7-8-19-10-18;2-1-3/h3-6,9,19,24H,7-8,10-11H2,1-2H3,(H,20,23);1H,(H,2,3). The molecule has 0 bridgehead atoms. The number of aliphatic hydroxyl groups is 1.